The lowest BCUT2D eigenvalue weighted by atomic mass is 10.0. The number of pyridine rings is 1. The minimum Gasteiger partial charge on any atom is -0.354 e. The van der Waals surface area contributed by atoms with Gasteiger partial charge in [0.2, 0.25) is 0 Å². The molecule has 1 fully saturated rings. The molecule has 0 bridgehead atoms. The van der Waals surface area contributed by atoms with Crippen LogP contribution >= 0.6 is 0 Å². The molecule has 1 aromatic rings. The summed E-state index contributed by atoms with van der Waals surface area (Å²) in [5.41, 5.74) is 0.638. The molecule has 222 valence electrons. The zero-order valence-corrected chi connectivity index (χ0v) is 24.6. The summed E-state index contributed by atoms with van der Waals surface area (Å²) in [4.78, 5) is 36.2. The van der Waals surface area contributed by atoms with E-state index >= 15 is 0 Å². The number of hydrogen-bond acceptors (Lipinski definition) is 7. The quantitative estimate of drug-likeness (QED) is 0.104. The lowest BCUT2D eigenvalue weighted by molar-refractivity contribution is -0.757. The van der Waals surface area contributed by atoms with E-state index in [2.05, 4.69) is 38.8 Å². The Morgan fingerprint density at radius 2 is 1.44 bits per heavy atom. The van der Waals surface area contributed by atoms with Gasteiger partial charge in [0.1, 0.15) is 5.82 Å². The second-order valence-corrected chi connectivity index (χ2v) is 11.3. The molecule has 0 spiro atoms. The Morgan fingerprint density at radius 1 is 0.897 bits per heavy atom. The van der Waals surface area contributed by atoms with Crippen LogP contribution < -0.4 is 10.2 Å². The van der Waals surface area contributed by atoms with Crippen molar-refractivity contribution in [3.8, 4) is 0 Å². The van der Waals surface area contributed by atoms with E-state index in [1.54, 1.807) is 6.20 Å². The van der Waals surface area contributed by atoms with Gasteiger partial charge in [-0.2, -0.15) is 0 Å². The van der Waals surface area contributed by atoms with Crippen LogP contribution in [0.15, 0.2) is 18.3 Å². The van der Waals surface area contributed by atoms with Crippen molar-refractivity contribution in [1.29, 1.82) is 0 Å². The van der Waals surface area contributed by atoms with Crippen LogP contribution in [-0.4, -0.2) is 66.8 Å². The van der Waals surface area contributed by atoms with Crippen LogP contribution in [0.3, 0.4) is 0 Å². The van der Waals surface area contributed by atoms with Crippen molar-refractivity contribution in [1.82, 2.24) is 15.2 Å². The lowest BCUT2D eigenvalue weighted by Crippen LogP contribution is -2.47. The number of hydrogen-bond donors (Lipinski definition) is 1. The summed E-state index contributed by atoms with van der Waals surface area (Å²) in [6.07, 6.45) is 18.3. The fraction of sp³-hybridized carbons (Fsp3) is 0.800. The molecule has 0 aliphatic carbocycles. The van der Waals surface area contributed by atoms with Gasteiger partial charge in [0.15, 0.2) is 0 Å². The van der Waals surface area contributed by atoms with Gasteiger partial charge >= 0.3 is 0 Å². The fourth-order valence-corrected chi connectivity index (χ4v) is 5.17. The van der Waals surface area contributed by atoms with E-state index in [0.29, 0.717) is 11.5 Å². The van der Waals surface area contributed by atoms with Gasteiger partial charge in [-0.25, -0.2) is 4.98 Å². The molecule has 1 N–H and O–H groups in total. The highest BCUT2D eigenvalue weighted by atomic mass is 16.9. The van der Waals surface area contributed by atoms with E-state index in [1.165, 1.54) is 57.8 Å². The van der Waals surface area contributed by atoms with Crippen molar-refractivity contribution in [2.45, 2.75) is 104 Å². The summed E-state index contributed by atoms with van der Waals surface area (Å²) in [7, 11) is 0. The number of carbonyl (C=O) groups is 1. The van der Waals surface area contributed by atoms with E-state index in [4.69, 9.17) is 0 Å². The van der Waals surface area contributed by atoms with Crippen molar-refractivity contribution in [2.24, 2.45) is 5.92 Å². The summed E-state index contributed by atoms with van der Waals surface area (Å²) in [6, 6.07) is 3.88. The van der Waals surface area contributed by atoms with Crippen LogP contribution in [0.4, 0.5) is 5.82 Å². The number of unbranched alkanes of at least 4 members (excludes halogenated alkanes) is 13. The van der Waals surface area contributed by atoms with E-state index in [0.717, 1.165) is 77.2 Å². The highest BCUT2D eigenvalue weighted by Crippen LogP contribution is 2.16. The van der Waals surface area contributed by atoms with Gasteiger partial charge in [-0.05, 0) is 30.9 Å². The zero-order valence-electron chi connectivity index (χ0n) is 24.6. The number of rotatable bonds is 22. The summed E-state index contributed by atoms with van der Waals surface area (Å²) >= 11 is 0. The molecule has 1 aliphatic rings. The molecule has 0 radical (unpaired) electrons. The zero-order chi connectivity index (χ0) is 28.1. The molecule has 0 atom stereocenters. The Balaban J connectivity index is 1.38. The third kappa shape index (κ3) is 15.7. The molecule has 1 aliphatic heterocycles. The summed E-state index contributed by atoms with van der Waals surface area (Å²) in [5, 5.41) is 12.4. The minimum absolute atomic E-state index is 0.0281. The maximum Gasteiger partial charge on any atom is 0.294 e. The summed E-state index contributed by atoms with van der Waals surface area (Å²) in [5.74, 6) is 1.63. The molecule has 9 nitrogen and oxygen atoms in total. The molecule has 1 aromatic heterocycles. The topological polar surface area (TPSA) is 101 Å². The number of nitrogens with zero attached hydrogens (tertiary/aromatic N) is 4. The molecule has 2 rings (SSSR count). The number of nitrogens with one attached hydrogen (secondary N) is 1. The Morgan fingerprint density at radius 3 is 1.92 bits per heavy atom. The second kappa shape index (κ2) is 20.5. The number of carbonyl (C=O) groups excluding carboxylic acids is 1. The minimum atomic E-state index is -0.713. The van der Waals surface area contributed by atoms with Gasteiger partial charge in [0, 0.05) is 45.5 Å². The summed E-state index contributed by atoms with van der Waals surface area (Å²) < 4.78 is 0. The van der Waals surface area contributed by atoms with E-state index < -0.39 is 5.09 Å². The predicted molar refractivity (Wildman–Crippen MR) is 158 cm³/mol. The SMILES string of the molecule is CC(C)CN1CCN(c2ccc(C(=O)NCCCCCCCCCCCCCCCCO[N+](=O)[O-])cn2)CC1. The van der Waals surface area contributed by atoms with Crippen LogP contribution in [0.2, 0.25) is 0 Å². The van der Waals surface area contributed by atoms with Crippen molar-refractivity contribution in [3.05, 3.63) is 34.0 Å². The molecule has 1 amide bonds. The Kier molecular flexibility index (Phi) is 17.2. The van der Waals surface area contributed by atoms with Crippen LogP contribution in [0.5, 0.6) is 0 Å². The number of anilines is 1. The van der Waals surface area contributed by atoms with Crippen molar-refractivity contribution >= 4 is 11.7 Å². The van der Waals surface area contributed by atoms with Gasteiger partial charge in [-0.15, -0.1) is 10.1 Å². The molecule has 0 unspecified atom stereocenters. The molecule has 39 heavy (non-hydrogen) atoms. The van der Waals surface area contributed by atoms with Crippen molar-refractivity contribution < 1.29 is 14.7 Å². The summed E-state index contributed by atoms with van der Waals surface area (Å²) in [6.45, 7) is 10.7. The Bertz CT molecular complexity index is 782. The Hall–Kier alpha value is -2.42. The van der Waals surface area contributed by atoms with Crippen LogP contribution in [0.25, 0.3) is 0 Å². The first-order chi connectivity index (χ1) is 19.0. The normalized spacial score (nSPS) is 14.1. The van der Waals surface area contributed by atoms with Gasteiger partial charge in [-0.3, -0.25) is 9.69 Å². The fourth-order valence-electron chi connectivity index (χ4n) is 5.17. The van der Waals surface area contributed by atoms with Gasteiger partial charge in [0.05, 0.1) is 12.2 Å². The van der Waals surface area contributed by atoms with Gasteiger partial charge < -0.3 is 15.1 Å². The van der Waals surface area contributed by atoms with Crippen molar-refractivity contribution in [3.63, 3.8) is 0 Å². The van der Waals surface area contributed by atoms with Crippen molar-refractivity contribution in [2.75, 3.05) is 50.8 Å². The first kappa shape index (κ1) is 32.8. The average Bonchev–Trinajstić information content (AvgIpc) is 2.92. The molecule has 1 saturated heterocycles. The largest absolute Gasteiger partial charge is 0.354 e. The van der Waals surface area contributed by atoms with Crippen LogP contribution in [-0.2, 0) is 4.84 Å². The third-order valence-electron chi connectivity index (χ3n) is 7.38. The molecule has 2 heterocycles. The number of piperazine rings is 1. The molecule has 0 aromatic carbocycles. The highest BCUT2D eigenvalue weighted by molar-refractivity contribution is 5.94. The average molecular weight is 548 g/mol. The number of aromatic nitrogens is 1. The first-order valence-corrected chi connectivity index (χ1v) is 15.4. The van der Waals surface area contributed by atoms with Crippen LogP contribution in [0, 0.1) is 16.0 Å². The monoisotopic (exact) mass is 547 g/mol. The maximum absolute atomic E-state index is 12.5. The Labute approximate surface area is 236 Å². The van der Waals surface area contributed by atoms with Crippen LogP contribution in [0.1, 0.15) is 114 Å². The predicted octanol–water partition coefficient (Wildman–Crippen LogP) is 6.26. The second-order valence-electron chi connectivity index (χ2n) is 11.3. The lowest BCUT2D eigenvalue weighted by Gasteiger charge is -2.36. The molecule has 9 heteroatoms. The third-order valence-corrected chi connectivity index (χ3v) is 7.38. The van der Waals surface area contributed by atoms with E-state index in [-0.39, 0.29) is 12.5 Å². The first-order valence-electron chi connectivity index (χ1n) is 15.4. The van der Waals surface area contributed by atoms with E-state index in [9.17, 15) is 14.9 Å². The number of amides is 1. The smallest absolute Gasteiger partial charge is 0.294 e. The molecular formula is C30H53N5O4. The highest BCUT2D eigenvalue weighted by Gasteiger charge is 2.18. The maximum atomic E-state index is 12.5. The molecule has 0 saturated carbocycles. The van der Waals surface area contributed by atoms with Gasteiger partial charge in [0.25, 0.3) is 11.0 Å². The standard InChI is InChI=1S/C30H53N5O4/c1-27(2)26-33-20-22-34(23-21-33)29-18-17-28(25-32-29)30(36)31-19-15-13-11-9-7-5-3-4-6-8-10-12-14-16-24-39-35(37)38/h17-18,25,27H,3-16,19-24,26H2,1-2H3,(H,31,36). The van der Waals surface area contributed by atoms with Gasteiger partial charge in [-0.1, -0.05) is 90.9 Å². The van der Waals surface area contributed by atoms with E-state index in [1.807, 2.05) is 12.1 Å². The molecular weight excluding hydrogens is 494 g/mol.